The molecule has 1 aliphatic carbocycles. The molecular weight excluding hydrogens is 252 g/mol. The van der Waals surface area contributed by atoms with E-state index < -0.39 is 11.0 Å². The molecule has 0 amide bonds. The maximum Gasteiger partial charge on any atom is 0.245 e. The SMILES string of the molecule is O=[N+]([O-])C1CCCNC1(Cl)C1CCCCCCC1. The van der Waals surface area contributed by atoms with Crippen molar-refractivity contribution in [1.82, 2.24) is 5.32 Å². The van der Waals surface area contributed by atoms with Crippen molar-refractivity contribution in [2.45, 2.75) is 68.8 Å². The van der Waals surface area contributed by atoms with Crippen LogP contribution in [0.2, 0.25) is 0 Å². The van der Waals surface area contributed by atoms with E-state index in [-0.39, 0.29) is 10.8 Å². The van der Waals surface area contributed by atoms with Crippen LogP contribution in [0.1, 0.15) is 57.8 Å². The Labute approximate surface area is 114 Å². The second-order valence-electron chi connectivity index (χ2n) is 5.68. The van der Waals surface area contributed by atoms with E-state index in [1.807, 2.05) is 0 Å². The molecule has 2 atom stereocenters. The van der Waals surface area contributed by atoms with Gasteiger partial charge >= 0.3 is 0 Å². The van der Waals surface area contributed by atoms with Crippen LogP contribution < -0.4 is 5.32 Å². The summed E-state index contributed by atoms with van der Waals surface area (Å²) in [6.45, 7) is 0.810. The minimum Gasteiger partial charge on any atom is -0.293 e. The van der Waals surface area contributed by atoms with Crippen molar-refractivity contribution in [3.63, 3.8) is 0 Å². The maximum absolute atomic E-state index is 11.2. The zero-order chi connectivity index (χ0) is 13.0. The first-order valence-corrected chi connectivity index (χ1v) is 7.60. The lowest BCUT2D eigenvalue weighted by molar-refractivity contribution is -0.535. The number of nitro groups is 1. The summed E-state index contributed by atoms with van der Waals surface area (Å²) in [5, 5.41) is 14.5. The summed E-state index contributed by atoms with van der Waals surface area (Å²) in [7, 11) is 0. The van der Waals surface area contributed by atoms with Crippen LogP contribution in [0.4, 0.5) is 0 Å². The van der Waals surface area contributed by atoms with Crippen molar-refractivity contribution in [3.8, 4) is 0 Å². The van der Waals surface area contributed by atoms with Gasteiger partial charge in [-0.1, -0.05) is 43.7 Å². The van der Waals surface area contributed by atoms with Crippen LogP contribution in [0, 0.1) is 16.0 Å². The summed E-state index contributed by atoms with van der Waals surface area (Å²) >= 11 is 6.69. The van der Waals surface area contributed by atoms with Crippen molar-refractivity contribution >= 4 is 11.6 Å². The molecule has 0 aromatic carbocycles. The molecule has 0 radical (unpaired) electrons. The average molecular weight is 275 g/mol. The summed E-state index contributed by atoms with van der Waals surface area (Å²) in [6.07, 6.45) is 9.62. The Balaban J connectivity index is 2.11. The normalized spacial score (nSPS) is 35.7. The van der Waals surface area contributed by atoms with Gasteiger partial charge in [-0.2, -0.15) is 0 Å². The molecule has 1 saturated carbocycles. The molecule has 0 aromatic rings. The van der Waals surface area contributed by atoms with E-state index in [9.17, 15) is 10.1 Å². The van der Waals surface area contributed by atoms with Gasteiger partial charge in [0.05, 0.1) is 0 Å². The molecule has 1 heterocycles. The first-order valence-electron chi connectivity index (χ1n) is 7.22. The highest BCUT2D eigenvalue weighted by atomic mass is 35.5. The molecule has 104 valence electrons. The Morgan fingerprint density at radius 3 is 2.28 bits per heavy atom. The Morgan fingerprint density at radius 2 is 1.67 bits per heavy atom. The highest BCUT2D eigenvalue weighted by Crippen LogP contribution is 2.40. The molecule has 5 heteroatoms. The van der Waals surface area contributed by atoms with Gasteiger partial charge in [0, 0.05) is 11.3 Å². The number of nitrogens with one attached hydrogen (secondary N) is 1. The second kappa shape index (κ2) is 6.20. The van der Waals surface area contributed by atoms with Crippen LogP contribution in [0.15, 0.2) is 0 Å². The Hall–Kier alpha value is -0.350. The largest absolute Gasteiger partial charge is 0.293 e. The molecule has 4 nitrogen and oxygen atoms in total. The van der Waals surface area contributed by atoms with Gasteiger partial charge in [0.25, 0.3) is 0 Å². The summed E-state index contributed by atoms with van der Waals surface area (Å²) in [5.74, 6) is 0.246. The topological polar surface area (TPSA) is 55.2 Å². The molecule has 1 saturated heterocycles. The summed E-state index contributed by atoms with van der Waals surface area (Å²) in [6, 6.07) is -0.627. The fourth-order valence-electron chi connectivity index (χ4n) is 3.45. The van der Waals surface area contributed by atoms with Crippen LogP contribution >= 0.6 is 11.6 Å². The molecule has 0 bridgehead atoms. The molecule has 2 unspecified atom stereocenters. The van der Waals surface area contributed by atoms with Crippen LogP contribution in [0.3, 0.4) is 0 Å². The molecule has 0 aromatic heterocycles. The van der Waals surface area contributed by atoms with E-state index in [1.165, 1.54) is 19.3 Å². The Kier molecular flexibility index (Phi) is 4.84. The zero-order valence-corrected chi connectivity index (χ0v) is 11.6. The zero-order valence-electron chi connectivity index (χ0n) is 10.9. The highest BCUT2D eigenvalue weighted by molar-refractivity contribution is 6.24. The highest BCUT2D eigenvalue weighted by Gasteiger charge is 2.51. The fraction of sp³-hybridized carbons (Fsp3) is 1.00. The molecule has 2 fully saturated rings. The number of hydrogen-bond acceptors (Lipinski definition) is 3. The van der Waals surface area contributed by atoms with Gasteiger partial charge in [0.1, 0.15) is 0 Å². The number of rotatable bonds is 2. The maximum atomic E-state index is 11.2. The Bertz CT molecular complexity index is 293. The summed E-state index contributed by atoms with van der Waals surface area (Å²) < 4.78 is 0. The molecule has 1 aliphatic heterocycles. The molecule has 2 rings (SSSR count). The smallest absolute Gasteiger partial charge is 0.245 e. The lowest BCUT2D eigenvalue weighted by Crippen LogP contribution is -2.61. The second-order valence-corrected chi connectivity index (χ2v) is 6.31. The molecular formula is C13H23ClN2O2. The number of nitrogens with zero attached hydrogens (tertiary/aromatic N) is 1. The Morgan fingerprint density at radius 1 is 1.06 bits per heavy atom. The van der Waals surface area contributed by atoms with Gasteiger partial charge in [-0.05, 0) is 31.7 Å². The van der Waals surface area contributed by atoms with Gasteiger partial charge in [0.15, 0.2) is 5.00 Å². The van der Waals surface area contributed by atoms with E-state index in [2.05, 4.69) is 5.32 Å². The van der Waals surface area contributed by atoms with Gasteiger partial charge in [-0.25, -0.2) is 0 Å². The van der Waals surface area contributed by atoms with Gasteiger partial charge in [-0.3, -0.25) is 15.4 Å². The number of alkyl halides is 1. The van der Waals surface area contributed by atoms with E-state index in [0.29, 0.717) is 6.42 Å². The number of hydrogen-bond donors (Lipinski definition) is 1. The van der Waals surface area contributed by atoms with Crippen LogP contribution in [-0.4, -0.2) is 22.5 Å². The quantitative estimate of drug-likeness (QED) is 0.364. The molecule has 18 heavy (non-hydrogen) atoms. The molecule has 0 spiro atoms. The predicted molar refractivity (Wildman–Crippen MR) is 72.4 cm³/mol. The number of halogens is 1. The summed E-state index contributed by atoms with van der Waals surface area (Å²) in [5.41, 5.74) is 0. The minimum absolute atomic E-state index is 0.169. The monoisotopic (exact) mass is 274 g/mol. The molecule has 2 aliphatic rings. The third-order valence-corrected chi connectivity index (χ3v) is 5.18. The lowest BCUT2D eigenvalue weighted by atomic mass is 9.79. The van der Waals surface area contributed by atoms with E-state index in [1.54, 1.807) is 0 Å². The first-order chi connectivity index (χ1) is 8.64. The van der Waals surface area contributed by atoms with Crippen LogP contribution in [0.25, 0.3) is 0 Å². The van der Waals surface area contributed by atoms with Crippen LogP contribution in [0.5, 0.6) is 0 Å². The van der Waals surface area contributed by atoms with Crippen molar-refractivity contribution in [2.24, 2.45) is 5.92 Å². The molecule has 1 N–H and O–H groups in total. The third kappa shape index (κ3) is 2.97. The fourth-order valence-corrected chi connectivity index (χ4v) is 3.96. The van der Waals surface area contributed by atoms with E-state index >= 15 is 0 Å². The van der Waals surface area contributed by atoms with Crippen molar-refractivity contribution in [2.75, 3.05) is 6.54 Å². The van der Waals surface area contributed by atoms with Gasteiger partial charge in [0.2, 0.25) is 6.04 Å². The average Bonchev–Trinajstić information content (AvgIpc) is 2.28. The first kappa shape index (κ1) is 14.1. The van der Waals surface area contributed by atoms with Crippen molar-refractivity contribution in [3.05, 3.63) is 10.1 Å². The third-order valence-electron chi connectivity index (χ3n) is 4.49. The van der Waals surface area contributed by atoms with Crippen molar-refractivity contribution in [1.29, 1.82) is 0 Å². The minimum atomic E-state index is -0.806. The van der Waals surface area contributed by atoms with E-state index in [0.717, 1.165) is 38.6 Å². The van der Waals surface area contributed by atoms with Crippen molar-refractivity contribution < 1.29 is 4.92 Å². The van der Waals surface area contributed by atoms with Gasteiger partial charge in [-0.15, -0.1) is 0 Å². The van der Waals surface area contributed by atoms with E-state index in [4.69, 9.17) is 11.6 Å². The standard InChI is InChI=1S/C13H23ClN2O2/c14-13(11-7-4-2-1-3-5-8-11)12(16(17)18)9-6-10-15-13/h11-12,15H,1-10H2. The lowest BCUT2D eigenvalue weighted by Gasteiger charge is -2.41. The van der Waals surface area contributed by atoms with Crippen LogP contribution in [-0.2, 0) is 0 Å². The predicted octanol–water partition coefficient (Wildman–Crippen LogP) is 3.31. The van der Waals surface area contributed by atoms with Gasteiger partial charge < -0.3 is 0 Å². The number of piperidine rings is 1. The summed E-state index contributed by atoms with van der Waals surface area (Å²) in [4.78, 5) is 10.3.